The smallest absolute Gasteiger partial charge is 0.00979 e. The van der Waals surface area contributed by atoms with Gasteiger partial charge in [0.05, 0.1) is 0 Å². The van der Waals surface area contributed by atoms with Gasteiger partial charge >= 0.3 is 0 Å². The van der Waals surface area contributed by atoms with Crippen LogP contribution in [-0.4, -0.2) is 5.75 Å². The quantitative estimate of drug-likeness (QED) is 0.472. The first-order chi connectivity index (χ1) is 5.43. The first-order valence-corrected chi connectivity index (χ1v) is 5.02. The second-order valence-corrected chi connectivity index (χ2v) is 3.44. The Morgan fingerprint density at radius 1 is 1.27 bits per heavy atom. The highest BCUT2D eigenvalue weighted by atomic mass is 32.1. The van der Waals surface area contributed by atoms with Crippen LogP contribution in [0.15, 0.2) is 23.8 Å². The maximum atomic E-state index is 4.18. The Morgan fingerprint density at radius 2 is 2.18 bits per heavy atom. The van der Waals surface area contributed by atoms with E-state index in [1.807, 2.05) is 0 Å². The predicted molar refractivity (Wildman–Crippen MR) is 54.2 cm³/mol. The van der Waals surface area contributed by atoms with Crippen molar-refractivity contribution in [2.45, 2.75) is 32.1 Å². The Bertz CT molecular complexity index is 156. The fraction of sp³-hybridized carbons (Fsp3) is 0.600. The van der Waals surface area contributed by atoms with Crippen molar-refractivity contribution in [2.24, 2.45) is 0 Å². The van der Waals surface area contributed by atoms with Crippen molar-refractivity contribution in [3.63, 3.8) is 0 Å². The van der Waals surface area contributed by atoms with Crippen LogP contribution < -0.4 is 0 Å². The summed E-state index contributed by atoms with van der Waals surface area (Å²) >= 11 is 4.18. The van der Waals surface area contributed by atoms with Crippen LogP contribution in [0.2, 0.25) is 0 Å². The van der Waals surface area contributed by atoms with Gasteiger partial charge in [0.25, 0.3) is 0 Å². The Morgan fingerprint density at radius 3 is 2.82 bits per heavy atom. The molecule has 1 aliphatic rings. The Balaban J connectivity index is 1.95. The van der Waals surface area contributed by atoms with Crippen molar-refractivity contribution in [3.8, 4) is 0 Å². The van der Waals surface area contributed by atoms with E-state index in [9.17, 15) is 0 Å². The molecule has 0 aromatic rings. The molecular weight excluding hydrogens is 152 g/mol. The minimum Gasteiger partial charge on any atom is -0.179 e. The molecule has 0 atom stereocenters. The van der Waals surface area contributed by atoms with Crippen LogP contribution in [0.25, 0.3) is 0 Å². The summed E-state index contributed by atoms with van der Waals surface area (Å²) in [6, 6.07) is 0. The SMILES string of the molecule is SCCCCCC1=CC=CC1. The van der Waals surface area contributed by atoms with Crippen LogP contribution >= 0.6 is 12.6 Å². The van der Waals surface area contributed by atoms with Crippen LogP contribution in [0.1, 0.15) is 32.1 Å². The number of allylic oxidation sites excluding steroid dienone is 4. The van der Waals surface area contributed by atoms with Crippen molar-refractivity contribution >= 4 is 12.6 Å². The number of hydrogen-bond acceptors (Lipinski definition) is 1. The molecule has 1 rings (SSSR count). The van der Waals surface area contributed by atoms with Gasteiger partial charge in [-0.15, -0.1) is 0 Å². The normalized spacial score (nSPS) is 15.5. The number of unbranched alkanes of at least 4 members (excludes halogenated alkanes) is 2. The molecule has 0 heterocycles. The largest absolute Gasteiger partial charge is 0.179 e. The predicted octanol–water partition coefficient (Wildman–Crippen LogP) is 3.36. The molecule has 0 N–H and O–H groups in total. The minimum absolute atomic E-state index is 1.04. The molecule has 0 aliphatic heterocycles. The van der Waals surface area contributed by atoms with Gasteiger partial charge in [-0.05, 0) is 31.4 Å². The van der Waals surface area contributed by atoms with Gasteiger partial charge in [0, 0.05) is 0 Å². The van der Waals surface area contributed by atoms with Crippen molar-refractivity contribution < 1.29 is 0 Å². The topological polar surface area (TPSA) is 0 Å². The van der Waals surface area contributed by atoms with E-state index in [2.05, 4.69) is 30.9 Å². The van der Waals surface area contributed by atoms with E-state index in [1.54, 1.807) is 5.57 Å². The number of thiol groups is 1. The molecule has 1 heteroatoms. The molecule has 0 nitrogen and oxygen atoms in total. The van der Waals surface area contributed by atoms with E-state index in [0.29, 0.717) is 0 Å². The van der Waals surface area contributed by atoms with Gasteiger partial charge in [-0.1, -0.05) is 30.2 Å². The van der Waals surface area contributed by atoms with Crippen LogP contribution in [0.3, 0.4) is 0 Å². The zero-order valence-electron chi connectivity index (χ0n) is 6.92. The van der Waals surface area contributed by atoms with Gasteiger partial charge < -0.3 is 0 Å². The lowest BCUT2D eigenvalue weighted by Gasteiger charge is -1.99. The Hall–Kier alpha value is -0.170. The van der Waals surface area contributed by atoms with Crippen molar-refractivity contribution in [3.05, 3.63) is 23.8 Å². The van der Waals surface area contributed by atoms with Gasteiger partial charge in [0.2, 0.25) is 0 Å². The van der Waals surface area contributed by atoms with Gasteiger partial charge in [-0.2, -0.15) is 12.6 Å². The van der Waals surface area contributed by atoms with Gasteiger partial charge in [-0.3, -0.25) is 0 Å². The lowest BCUT2D eigenvalue weighted by atomic mass is 10.1. The average molecular weight is 168 g/mol. The summed E-state index contributed by atoms with van der Waals surface area (Å²) < 4.78 is 0. The first kappa shape index (κ1) is 8.92. The lowest BCUT2D eigenvalue weighted by molar-refractivity contribution is 0.714. The van der Waals surface area contributed by atoms with E-state index < -0.39 is 0 Å². The molecule has 0 spiro atoms. The van der Waals surface area contributed by atoms with Crippen LogP contribution in [0.4, 0.5) is 0 Å². The first-order valence-electron chi connectivity index (χ1n) is 4.39. The number of rotatable bonds is 5. The minimum atomic E-state index is 1.04. The molecule has 0 amide bonds. The highest BCUT2D eigenvalue weighted by Gasteiger charge is 1.97. The summed E-state index contributed by atoms with van der Waals surface area (Å²) in [6.45, 7) is 0. The molecule has 0 radical (unpaired) electrons. The average Bonchev–Trinajstić information content (AvgIpc) is 2.50. The molecule has 0 saturated heterocycles. The van der Waals surface area contributed by atoms with Crippen LogP contribution in [0, 0.1) is 0 Å². The third-order valence-electron chi connectivity index (χ3n) is 2.00. The summed E-state index contributed by atoms with van der Waals surface area (Å²) in [7, 11) is 0. The monoisotopic (exact) mass is 168 g/mol. The molecule has 0 fully saturated rings. The Labute approximate surface area is 74.8 Å². The van der Waals surface area contributed by atoms with Crippen LogP contribution in [-0.2, 0) is 0 Å². The second-order valence-electron chi connectivity index (χ2n) is 2.99. The molecule has 0 unspecified atom stereocenters. The molecule has 11 heavy (non-hydrogen) atoms. The zero-order chi connectivity index (χ0) is 7.94. The molecule has 0 aromatic heterocycles. The highest BCUT2D eigenvalue weighted by Crippen LogP contribution is 2.17. The summed E-state index contributed by atoms with van der Waals surface area (Å²) in [5, 5.41) is 0. The summed E-state index contributed by atoms with van der Waals surface area (Å²) in [5.41, 5.74) is 1.60. The Kier molecular flexibility index (Phi) is 4.44. The van der Waals surface area contributed by atoms with Crippen molar-refractivity contribution in [2.75, 3.05) is 5.75 Å². The highest BCUT2D eigenvalue weighted by molar-refractivity contribution is 7.80. The number of hydrogen-bond donors (Lipinski definition) is 1. The fourth-order valence-electron chi connectivity index (χ4n) is 1.32. The van der Waals surface area contributed by atoms with Gasteiger partial charge in [0.15, 0.2) is 0 Å². The molecule has 1 aliphatic carbocycles. The molecular formula is C10H16S. The molecule has 0 aromatic carbocycles. The zero-order valence-corrected chi connectivity index (χ0v) is 7.82. The van der Waals surface area contributed by atoms with E-state index in [4.69, 9.17) is 0 Å². The van der Waals surface area contributed by atoms with Crippen molar-refractivity contribution in [1.29, 1.82) is 0 Å². The molecule has 62 valence electrons. The maximum absolute atomic E-state index is 4.18. The third-order valence-corrected chi connectivity index (χ3v) is 2.32. The van der Waals surface area contributed by atoms with E-state index in [0.717, 1.165) is 5.75 Å². The third kappa shape index (κ3) is 3.66. The summed E-state index contributed by atoms with van der Waals surface area (Å²) in [6.07, 6.45) is 13.1. The molecule has 0 bridgehead atoms. The lowest BCUT2D eigenvalue weighted by Crippen LogP contribution is -1.81. The van der Waals surface area contributed by atoms with E-state index in [1.165, 1.54) is 32.1 Å². The fourth-order valence-corrected chi connectivity index (χ4v) is 1.54. The van der Waals surface area contributed by atoms with Gasteiger partial charge in [-0.25, -0.2) is 0 Å². The van der Waals surface area contributed by atoms with Crippen molar-refractivity contribution in [1.82, 2.24) is 0 Å². The van der Waals surface area contributed by atoms with Gasteiger partial charge in [0.1, 0.15) is 0 Å². The second kappa shape index (κ2) is 5.48. The van der Waals surface area contributed by atoms with E-state index >= 15 is 0 Å². The molecule has 0 saturated carbocycles. The van der Waals surface area contributed by atoms with Crippen LogP contribution in [0.5, 0.6) is 0 Å². The maximum Gasteiger partial charge on any atom is -0.00979 e. The van der Waals surface area contributed by atoms with E-state index in [-0.39, 0.29) is 0 Å². The summed E-state index contributed by atoms with van der Waals surface area (Å²) in [5.74, 6) is 1.04. The summed E-state index contributed by atoms with van der Waals surface area (Å²) in [4.78, 5) is 0. The standard InChI is InChI=1S/C10H16S/c11-9-5-1-2-6-10-7-3-4-8-10/h3-4,7,11H,1-2,5-6,8-9H2.